The van der Waals surface area contributed by atoms with Crippen molar-refractivity contribution < 1.29 is 26.0 Å². The zero-order valence-electron chi connectivity index (χ0n) is 11.6. The summed E-state index contributed by atoms with van der Waals surface area (Å²) < 4.78 is 74.3. The van der Waals surface area contributed by atoms with Gasteiger partial charge in [-0.25, -0.2) is 12.8 Å². The highest BCUT2D eigenvalue weighted by Crippen LogP contribution is 2.35. The first-order valence-electron chi connectivity index (χ1n) is 6.00. The molecule has 0 amide bonds. The average Bonchev–Trinajstić information content (AvgIpc) is 2.28. The monoisotopic (exact) mass is 390 g/mol. The minimum atomic E-state index is -5.58. The second kappa shape index (κ2) is 5.87. The van der Waals surface area contributed by atoms with Gasteiger partial charge in [-0.05, 0) is 29.5 Å². The molecular formula is C13H15BrF4O2S. The van der Waals surface area contributed by atoms with E-state index in [2.05, 4.69) is 15.9 Å². The Balaban J connectivity index is 3.38. The van der Waals surface area contributed by atoms with Gasteiger partial charge in [0.05, 0.1) is 4.90 Å². The molecule has 0 N–H and O–H groups in total. The smallest absolute Gasteiger partial charge is 0.214 e. The minimum absolute atomic E-state index is 0.0361. The van der Waals surface area contributed by atoms with E-state index in [9.17, 15) is 26.0 Å². The number of benzene rings is 1. The van der Waals surface area contributed by atoms with E-state index >= 15 is 0 Å². The van der Waals surface area contributed by atoms with Gasteiger partial charge in [0.15, 0.2) is 0 Å². The van der Waals surface area contributed by atoms with Crippen LogP contribution < -0.4 is 0 Å². The van der Waals surface area contributed by atoms with Crippen molar-refractivity contribution in [1.82, 2.24) is 0 Å². The molecular weight excluding hydrogens is 376 g/mol. The van der Waals surface area contributed by atoms with E-state index in [1.54, 1.807) is 0 Å². The molecule has 1 aromatic carbocycles. The molecule has 0 fully saturated rings. The summed E-state index contributed by atoms with van der Waals surface area (Å²) in [7, 11) is -5.58. The van der Waals surface area contributed by atoms with Crippen molar-refractivity contribution in [2.45, 2.75) is 42.4 Å². The van der Waals surface area contributed by atoms with Gasteiger partial charge in [-0.15, -0.1) is 0 Å². The van der Waals surface area contributed by atoms with Crippen molar-refractivity contribution in [3.8, 4) is 0 Å². The van der Waals surface area contributed by atoms with Gasteiger partial charge in [0.1, 0.15) is 5.82 Å². The molecule has 0 radical (unpaired) electrons. The number of halogens is 5. The Morgan fingerprint density at radius 2 is 1.71 bits per heavy atom. The maximum absolute atomic E-state index is 13.2. The normalized spacial score (nSPS) is 15.0. The molecule has 0 spiro atoms. The van der Waals surface area contributed by atoms with Crippen molar-refractivity contribution in [3.05, 3.63) is 29.6 Å². The summed E-state index contributed by atoms with van der Waals surface area (Å²) in [5.74, 6) is -1.02. The van der Waals surface area contributed by atoms with Crippen LogP contribution in [0.4, 0.5) is 17.6 Å². The van der Waals surface area contributed by atoms with E-state index in [-0.39, 0.29) is 22.2 Å². The second-order valence-electron chi connectivity index (χ2n) is 5.74. The zero-order valence-corrected chi connectivity index (χ0v) is 14.0. The molecule has 2 nitrogen and oxygen atoms in total. The molecule has 1 atom stereocenters. The van der Waals surface area contributed by atoms with Gasteiger partial charge in [-0.3, -0.25) is 0 Å². The predicted molar refractivity (Wildman–Crippen MR) is 75.5 cm³/mol. The lowest BCUT2D eigenvalue weighted by Crippen LogP contribution is -2.27. The Labute approximate surface area is 129 Å². The lowest BCUT2D eigenvalue weighted by Gasteiger charge is -2.26. The predicted octanol–water partition coefficient (Wildman–Crippen LogP) is 4.47. The molecule has 1 aromatic rings. The number of hydrogen-bond donors (Lipinski definition) is 0. The first-order valence-corrected chi connectivity index (χ1v) is 8.40. The summed E-state index contributed by atoms with van der Waals surface area (Å²) in [6.07, 6.45) is 0.0361. The minimum Gasteiger partial charge on any atom is -0.214 e. The van der Waals surface area contributed by atoms with Gasteiger partial charge in [-0.2, -0.15) is 13.2 Å². The van der Waals surface area contributed by atoms with Crippen molar-refractivity contribution >= 4 is 25.8 Å². The van der Waals surface area contributed by atoms with E-state index in [1.807, 2.05) is 20.8 Å². The van der Waals surface area contributed by atoms with E-state index in [1.165, 1.54) is 0 Å². The van der Waals surface area contributed by atoms with Crippen LogP contribution in [0, 0.1) is 11.2 Å². The summed E-state index contributed by atoms with van der Waals surface area (Å²) in [6, 6.07) is 2.45. The zero-order chi connectivity index (χ0) is 16.6. The maximum Gasteiger partial charge on any atom is 0.501 e. The lowest BCUT2D eigenvalue weighted by atomic mass is 9.88. The Morgan fingerprint density at radius 3 is 2.14 bits per heavy atom. The molecule has 8 heteroatoms. The van der Waals surface area contributed by atoms with Crippen molar-refractivity contribution in [2.75, 3.05) is 0 Å². The molecule has 0 saturated heterocycles. The summed E-state index contributed by atoms with van der Waals surface area (Å²) in [5, 5.41) is 0. The third kappa shape index (κ3) is 4.18. The van der Waals surface area contributed by atoms with Crippen LogP contribution in [0.1, 0.15) is 26.3 Å². The Hall–Kier alpha value is -0.630. The summed E-state index contributed by atoms with van der Waals surface area (Å²) in [5.41, 5.74) is -5.82. The number of sulfone groups is 1. The van der Waals surface area contributed by atoms with Gasteiger partial charge < -0.3 is 0 Å². The van der Waals surface area contributed by atoms with E-state index in [4.69, 9.17) is 0 Å². The standard InChI is InChI=1S/C13H15BrF4O2S/c1-12(2,3)11(14)6-8-4-5-9(15)7-10(8)21(19,20)13(16,17)18/h4-5,7,11H,6H2,1-3H3. The van der Waals surface area contributed by atoms with Crippen molar-refractivity contribution in [3.63, 3.8) is 0 Å². The van der Waals surface area contributed by atoms with Crippen LogP contribution >= 0.6 is 15.9 Å². The number of alkyl halides is 4. The number of hydrogen-bond acceptors (Lipinski definition) is 2. The van der Waals surface area contributed by atoms with Crippen LogP contribution in [0.3, 0.4) is 0 Å². The molecule has 0 aliphatic carbocycles. The Kier molecular flexibility index (Phi) is 5.15. The van der Waals surface area contributed by atoms with Gasteiger partial charge >= 0.3 is 5.51 Å². The quantitative estimate of drug-likeness (QED) is 0.563. The molecule has 0 aliphatic rings. The van der Waals surface area contributed by atoms with Crippen molar-refractivity contribution in [1.29, 1.82) is 0 Å². The van der Waals surface area contributed by atoms with Crippen LogP contribution in [0.2, 0.25) is 0 Å². The van der Waals surface area contributed by atoms with Crippen LogP contribution in [0.25, 0.3) is 0 Å². The van der Waals surface area contributed by atoms with E-state index in [0.29, 0.717) is 6.07 Å². The first-order chi connectivity index (χ1) is 9.26. The Bertz CT molecular complexity index is 618. The van der Waals surface area contributed by atoms with Crippen LogP contribution in [-0.2, 0) is 16.3 Å². The maximum atomic E-state index is 13.2. The molecule has 0 aromatic heterocycles. The molecule has 1 unspecified atom stereocenters. The van der Waals surface area contributed by atoms with Gasteiger partial charge in [0.2, 0.25) is 0 Å². The summed E-state index contributed by atoms with van der Waals surface area (Å²) in [6.45, 7) is 5.57. The fourth-order valence-corrected chi connectivity index (χ4v) is 2.93. The topological polar surface area (TPSA) is 34.1 Å². The van der Waals surface area contributed by atoms with E-state index in [0.717, 1.165) is 12.1 Å². The van der Waals surface area contributed by atoms with Gasteiger partial charge in [0, 0.05) is 4.83 Å². The molecule has 0 saturated carbocycles. The first kappa shape index (κ1) is 18.4. The molecule has 0 aliphatic heterocycles. The summed E-state index contributed by atoms with van der Waals surface area (Å²) in [4.78, 5) is -1.29. The molecule has 0 bridgehead atoms. The third-order valence-electron chi connectivity index (χ3n) is 2.96. The number of rotatable bonds is 3. The van der Waals surface area contributed by atoms with E-state index < -0.39 is 26.1 Å². The SMILES string of the molecule is CC(C)(C)C(Br)Cc1ccc(F)cc1S(=O)(=O)C(F)(F)F. The third-order valence-corrected chi connectivity index (χ3v) is 6.23. The fourth-order valence-electron chi connectivity index (χ4n) is 1.57. The average molecular weight is 391 g/mol. The highest BCUT2D eigenvalue weighted by Gasteiger charge is 2.48. The van der Waals surface area contributed by atoms with Gasteiger partial charge in [-0.1, -0.05) is 42.8 Å². The fraction of sp³-hybridized carbons (Fsp3) is 0.538. The van der Waals surface area contributed by atoms with Crippen molar-refractivity contribution in [2.24, 2.45) is 5.41 Å². The Morgan fingerprint density at radius 1 is 1.19 bits per heavy atom. The molecule has 0 heterocycles. The molecule has 1 rings (SSSR count). The highest BCUT2D eigenvalue weighted by atomic mass is 79.9. The second-order valence-corrected chi connectivity index (χ2v) is 8.75. The van der Waals surface area contributed by atoms with Gasteiger partial charge in [0.25, 0.3) is 9.84 Å². The summed E-state index contributed by atoms with van der Waals surface area (Å²) >= 11 is 3.34. The molecule has 21 heavy (non-hydrogen) atoms. The van der Waals surface area contributed by atoms with Crippen LogP contribution in [0.5, 0.6) is 0 Å². The highest BCUT2D eigenvalue weighted by molar-refractivity contribution is 9.09. The van der Waals surface area contributed by atoms with Crippen LogP contribution in [0.15, 0.2) is 23.1 Å². The lowest BCUT2D eigenvalue weighted by molar-refractivity contribution is -0.0436. The molecule has 120 valence electrons. The largest absolute Gasteiger partial charge is 0.501 e. The van der Waals surface area contributed by atoms with Crippen LogP contribution in [-0.4, -0.2) is 18.8 Å².